The zero-order valence-corrected chi connectivity index (χ0v) is 20.5. The van der Waals surface area contributed by atoms with Crippen molar-refractivity contribution in [2.45, 2.75) is 38.0 Å². The normalized spacial score (nSPS) is 17.3. The van der Waals surface area contributed by atoms with Crippen molar-refractivity contribution in [3.8, 4) is 0 Å². The lowest BCUT2D eigenvalue weighted by Gasteiger charge is -2.32. The number of carbonyl (C=O) groups excluding carboxylic acids is 2. The molecule has 0 fully saturated rings. The predicted molar refractivity (Wildman–Crippen MR) is 142 cm³/mol. The maximum absolute atomic E-state index is 13.2. The number of nitrogens with zero attached hydrogens (tertiary/aromatic N) is 3. The molecule has 2 aliphatic rings. The molecule has 3 aromatic carbocycles. The summed E-state index contributed by atoms with van der Waals surface area (Å²) in [6.07, 6.45) is 1.13. The Kier molecular flexibility index (Phi) is 6.51. The Balaban J connectivity index is 1.45. The summed E-state index contributed by atoms with van der Waals surface area (Å²) >= 11 is 1.38. The lowest BCUT2D eigenvalue weighted by atomic mass is 10.0. The standard InChI is InChI=1S/C28H26N4O2S/c1-3-24(27(34)29-20-15-13-18(2)14-16-20)35-28-30-22-12-8-7-11-21(22)25-31-26(33)23(32(25)28)17-19-9-5-4-6-10-19/h4-16,23-24H,3,17H2,1-2H3,(H,29,34). The zero-order valence-electron chi connectivity index (χ0n) is 19.6. The van der Waals surface area contributed by atoms with E-state index in [1.807, 2.05) is 97.6 Å². The molecule has 2 atom stereocenters. The number of thioether (sulfide) groups is 1. The van der Waals surface area contributed by atoms with Gasteiger partial charge in [-0.3, -0.25) is 14.5 Å². The van der Waals surface area contributed by atoms with Crippen molar-refractivity contribution in [2.24, 2.45) is 9.98 Å². The van der Waals surface area contributed by atoms with Crippen LogP contribution in [0.4, 0.5) is 11.4 Å². The Hall–Kier alpha value is -3.71. The smallest absolute Gasteiger partial charge is 0.271 e. The molecule has 5 rings (SSSR count). The van der Waals surface area contributed by atoms with Crippen LogP contribution in [0.5, 0.6) is 0 Å². The summed E-state index contributed by atoms with van der Waals surface area (Å²) in [5, 5.41) is 3.26. The van der Waals surface area contributed by atoms with E-state index in [1.165, 1.54) is 11.8 Å². The van der Waals surface area contributed by atoms with Crippen LogP contribution in [0.25, 0.3) is 0 Å². The first-order valence-electron chi connectivity index (χ1n) is 11.7. The van der Waals surface area contributed by atoms with Crippen LogP contribution >= 0.6 is 11.8 Å². The first-order valence-corrected chi connectivity index (χ1v) is 12.6. The summed E-state index contributed by atoms with van der Waals surface area (Å²) in [5.41, 5.74) is 4.53. The molecule has 0 bridgehead atoms. The third-order valence-corrected chi connectivity index (χ3v) is 7.44. The summed E-state index contributed by atoms with van der Waals surface area (Å²) in [5.74, 6) is 0.329. The molecule has 2 aliphatic heterocycles. The van der Waals surface area contributed by atoms with Gasteiger partial charge in [-0.05, 0) is 43.2 Å². The van der Waals surface area contributed by atoms with Crippen molar-refractivity contribution in [3.63, 3.8) is 0 Å². The summed E-state index contributed by atoms with van der Waals surface area (Å²) in [4.78, 5) is 37.5. The predicted octanol–water partition coefficient (Wildman–Crippen LogP) is 5.35. The molecule has 35 heavy (non-hydrogen) atoms. The third-order valence-electron chi connectivity index (χ3n) is 6.11. The molecule has 0 saturated carbocycles. The molecule has 2 amide bonds. The van der Waals surface area contributed by atoms with Crippen molar-refractivity contribution < 1.29 is 9.59 Å². The minimum absolute atomic E-state index is 0.0912. The maximum atomic E-state index is 13.2. The Morgan fingerprint density at radius 3 is 2.46 bits per heavy atom. The average molecular weight is 483 g/mol. The third kappa shape index (κ3) is 4.77. The molecular weight excluding hydrogens is 456 g/mol. The van der Waals surface area contributed by atoms with Gasteiger partial charge in [-0.25, -0.2) is 4.99 Å². The van der Waals surface area contributed by atoms with Gasteiger partial charge in [0.25, 0.3) is 5.91 Å². The second-order valence-electron chi connectivity index (χ2n) is 8.63. The fourth-order valence-electron chi connectivity index (χ4n) is 4.23. The first-order chi connectivity index (χ1) is 17.0. The summed E-state index contributed by atoms with van der Waals surface area (Å²) < 4.78 is 0. The number of amidine groups is 2. The average Bonchev–Trinajstić information content (AvgIpc) is 3.20. The number of rotatable bonds is 6. The molecule has 0 aromatic heterocycles. The second kappa shape index (κ2) is 9.88. The monoisotopic (exact) mass is 482 g/mol. The highest BCUT2D eigenvalue weighted by Crippen LogP contribution is 2.36. The zero-order chi connectivity index (χ0) is 24.4. The Bertz CT molecular complexity index is 1320. The van der Waals surface area contributed by atoms with Crippen molar-refractivity contribution in [1.29, 1.82) is 0 Å². The number of anilines is 1. The molecule has 176 valence electrons. The van der Waals surface area contributed by atoms with E-state index in [0.29, 0.717) is 23.8 Å². The fourth-order valence-corrected chi connectivity index (χ4v) is 5.30. The molecule has 2 unspecified atom stereocenters. The van der Waals surface area contributed by atoms with Gasteiger partial charge in [0.05, 0.1) is 10.9 Å². The number of hydrogen-bond acceptors (Lipinski definition) is 5. The number of hydrogen-bond donors (Lipinski definition) is 1. The Labute approximate surface area is 209 Å². The van der Waals surface area contributed by atoms with Gasteiger partial charge in [-0.1, -0.05) is 78.8 Å². The molecule has 1 N–H and O–H groups in total. The number of aryl methyl sites for hydroxylation is 1. The molecule has 3 aromatic rings. The topological polar surface area (TPSA) is 74.1 Å². The van der Waals surface area contributed by atoms with Crippen LogP contribution in [0.15, 0.2) is 88.8 Å². The number of benzene rings is 3. The van der Waals surface area contributed by atoms with Gasteiger partial charge in [0.15, 0.2) is 5.17 Å². The second-order valence-corrected chi connectivity index (χ2v) is 9.80. The summed E-state index contributed by atoms with van der Waals surface area (Å²) in [7, 11) is 0. The minimum Gasteiger partial charge on any atom is -0.325 e. The van der Waals surface area contributed by atoms with Gasteiger partial charge < -0.3 is 5.32 Å². The highest BCUT2D eigenvalue weighted by Gasteiger charge is 2.42. The lowest BCUT2D eigenvalue weighted by molar-refractivity contribution is -0.119. The van der Waals surface area contributed by atoms with Crippen molar-refractivity contribution >= 4 is 46.0 Å². The Morgan fingerprint density at radius 1 is 1.00 bits per heavy atom. The number of fused-ring (bicyclic) bond motifs is 3. The van der Waals surface area contributed by atoms with E-state index >= 15 is 0 Å². The van der Waals surface area contributed by atoms with Gasteiger partial charge >= 0.3 is 0 Å². The molecule has 0 aliphatic carbocycles. The first kappa shape index (κ1) is 23.1. The van der Waals surface area contributed by atoms with E-state index in [9.17, 15) is 9.59 Å². The van der Waals surface area contributed by atoms with Crippen molar-refractivity contribution in [2.75, 3.05) is 5.32 Å². The van der Waals surface area contributed by atoms with Crippen molar-refractivity contribution in [3.05, 3.63) is 95.6 Å². The number of amides is 2. The van der Waals surface area contributed by atoms with Crippen molar-refractivity contribution in [1.82, 2.24) is 4.90 Å². The Morgan fingerprint density at radius 2 is 1.71 bits per heavy atom. The number of nitrogens with one attached hydrogen (secondary N) is 1. The largest absolute Gasteiger partial charge is 0.325 e. The van der Waals surface area contributed by atoms with Gasteiger partial charge in [-0.15, -0.1) is 0 Å². The van der Waals surface area contributed by atoms with Crippen LogP contribution in [0, 0.1) is 6.92 Å². The molecule has 0 saturated heterocycles. The lowest BCUT2D eigenvalue weighted by Crippen LogP contribution is -2.45. The van der Waals surface area contributed by atoms with Gasteiger partial charge in [-0.2, -0.15) is 4.99 Å². The number of aliphatic imine (C=N–C) groups is 2. The van der Waals surface area contributed by atoms with E-state index in [1.54, 1.807) is 0 Å². The van der Waals surface area contributed by atoms with Crippen LogP contribution in [0.1, 0.15) is 30.0 Å². The fraction of sp³-hybridized carbons (Fsp3) is 0.214. The van der Waals surface area contributed by atoms with Crippen LogP contribution in [0.2, 0.25) is 0 Å². The molecule has 6 nitrogen and oxygen atoms in total. The molecule has 2 heterocycles. The van der Waals surface area contributed by atoms with E-state index in [2.05, 4.69) is 10.3 Å². The van der Waals surface area contributed by atoms with Crippen LogP contribution < -0.4 is 5.32 Å². The maximum Gasteiger partial charge on any atom is 0.271 e. The van der Waals surface area contributed by atoms with Crippen LogP contribution in [0.3, 0.4) is 0 Å². The highest BCUT2D eigenvalue weighted by molar-refractivity contribution is 8.15. The summed E-state index contributed by atoms with van der Waals surface area (Å²) in [6.45, 7) is 3.99. The van der Waals surface area contributed by atoms with E-state index < -0.39 is 6.04 Å². The minimum atomic E-state index is -0.496. The van der Waals surface area contributed by atoms with Gasteiger partial charge in [0, 0.05) is 17.7 Å². The van der Waals surface area contributed by atoms with E-state index in [-0.39, 0.29) is 17.1 Å². The van der Waals surface area contributed by atoms with E-state index in [4.69, 9.17) is 4.99 Å². The van der Waals surface area contributed by atoms with Crippen LogP contribution in [-0.2, 0) is 16.0 Å². The highest BCUT2D eigenvalue weighted by atomic mass is 32.2. The molecule has 7 heteroatoms. The van der Waals surface area contributed by atoms with Crippen LogP contribution in [-0.4, -0.2) is 39.0 Å². The van der Waals surface area contributed by atoms with Gasteiger partial charge in [0.2, 0.25) is 5.91 Å². The SMILES string of the molecule is CCC(SC1=Nc2ccccc2C2=NC(=O)C(Cc3ccccc3)N12)C(=O)Nc1ccc(C)cc1. The molecular formula is C28H26N4O2S. The quantitative estimate of drug-likeness (QED) is 0.514. The summed E-state index contributed by atoms with van der Waals surface area (Å²) in [6, 6.07) is 24.9. The van der Waals surface area contributed by atoms with Gasteiger partial charge in [0.1, 0.15) is 11.9 Å². The number of para-hydroxylation sites is 1. The molecule has 0 radical (unpaired) electrons. The number of carbonyl (C=O) groups is 2. The molecule has 0 spiro atoms. The van der Waals surface area contributed by atoms with E-state index in [0.717, 1.165) is 28.1 Å².